The van der Waals surface area contributed by atoms with Crippen LogP contribution in [0, 0.1) is 5.92 Å². The first-order valence-corrected chi connectivity index (χ1v) is 4.71. The lowest BCUT2D eigenvalue weighted by atomic mass is 9.99. The Bertz CT molecular complexity index is 141. The Balaban J connectivity index is 3.37. The molecule has 0 heterocycles. The van der Waals surface area contributed by atoms with Crippen molar-refractivity contribution >= 4 is 12.1 Å². The highest BCUT2D eigenvalue weighted by Gasteiger charge is 2.10. The number of carbonyl (C=O) groups excluding carboxylic acids is 2. The lowest BCUT2D eigenvalue weighted by Crippen LogP contribution is -2.11. The standard InChI is InChI=1S/C10H18O2/c1-3-4-5-6-7-9(2)10(12)8-11/h8-9H,3-7H2,1-2H3. The maximum Gasteiger partial charge on any atom is 0.197 e. The smallest absolute Gasteiger partial charge is 0.197 e. The van der Waals surface area contributed by atoms with Crippen LogP contribution in [0.1, 0.15) is 46.0 Å². The van der Waals surface area contributed by atoms with Gasteiger partial charge in [-0.1, -0.05) is 39.5 Å². The number of hydrogen-bond donors (Lipinski definition) is 0. The number of aldehydes is 1. The molecule has 0 radical (unpaired) electrons. The monoisotopic (exact) mass is 170 g/mol. The van der Waals surface area contributed by atoms with E-state index in [2.05, 4.69) is 6.92 Å². The maximum atomic E-state index is 10.8. The van der Waals surface area contributed by atoms with Crippen LogP contribution >= 0.6 is 0 Å². The number of Topliss-reactive ketones (excluding diaryl/α,β-unsaturated/α-hetero) is 1. The molecule has 0 fully saturated rings. The van der Waals surface area contributed by atoms with Crippen molar-refractivity contribution in [2.45, 2.75) is 46.0 Å². The highest BCUT2D eigenvalue weighted by atomic mass is 16.2. The number of unbranched alkanes of at least 4 members (excludes halogenated alkanes) is 3. The Hall–Kier alpha value is -0.660. The Kier molecular flexibility index (Phi) is 6.63. The summed E-state index contributed by atoms with van der Waals surface area (Å²) in [6.45, 7) is 3.97. The van der Waals surface area contributed by atoms with Gasteiger partial charge in [0.25, 0.3) is 0 Å². The molecule has 12 heavy (non-hydrogen) atoms. The topological polar surface area (TPSA) is 34.1 Å². The van der Waals surface area contributed by atoms with E-state index in [0.717, 1.165) is 12.8 Å². The minimum absolute atomic E-state index is 0.0700. The van der Waals surface area contributed by atoms with Crippen molar-refractivity contribution in [2.75, 3.05) is 0 Å². The molecule has 70 valence electrons. The Morgan fingerprint density at radius 1 is 1.33 bits per heavy atom. The molecule has 0 saturated carbocycles. The van der Waals surface area contributed by atoms with E-state index < -0.39 is 0 Å². The molecule has 0 aromatic carbocycles. The molecule has 0 rings (SSSR count). The van der Waals surface area contributed by atoms with Crippen LogP contribution in [0.4, 0.5) is 0 Å². The summed E-state index contributed by atoms with van der Waals surface area (Å²) in [5, 5.41) is 0. The number of rotatable bonds is 7. The number of carbonyl (C=O) groups is 2. The van der Waals surface area contributed by atoms with Gasteiger partial charge in [0.1, 0.15) is 0 Å². The zero-order valence-corrected chi connectivity index (χ0v) is 8.01. The fourth-order valence-corrected chi connectivity index (χ4v) is 1.14. The summed E-state index contributed by atoms with van der Waals surface area (Å²) in [5.41, 5.74) is 0. The summed E-state index contributed by atoms with van der Waals surface area (Å²) in [4.78, 5) is 20.9. The van der Waals surface area contributed by atoms with Crippen LogP contribution in [0.15, 0.2) is 0 Å². The van der Waals surface area contributed by atoms with Crippen LogP contribution in [0.3, 0.4) is 0 Å². The molecule has 0 aliphatic carbocycles. The molecular weight excluding hydrogens is 152 g/mol. The fraction of sp³-hybridized carbons (Fsp3) is 0.800. The molecule has 0 aliphatic rings. The molecule has 2 heteroatoms. The minimum atomic E-state index is -0.258. The first-order valence-electron chi connectivity index (χ1n) is 4.71. The molecule has 0 spiro atoms. The van der Waals surface area contributed by atoms with Crippen LogP contribution in [0.5, 0.6) is 0 Å². The van der Waals surface area contributed by atoms with Crippen molar-refractivity contribution in [2.24, 2.45) is 5.92 Å². The molecule has 0 aliphatic heterocycles. The van der Waals surface area contributed by atoms with E-state index >= 15 is 0 Å². The van der Waals surface area contributed by atoms with Gasteiger partial charge in [0, 0.05) is 5.92 Å². The fourth-order valence-electron chi connectivity index (χ4n) is 1.14. The second-order valence-corrected chi connectivity index (χ2v) is 3.27. The Morgan fingerprint density at radius 2 is 2.00 bits per heavy atom. The molecule has 0 saturated heterocycles. The SMILES string of the molecule is CCCCCCC(C)C(=O)C=O. The summed E-state index contributed by atoms with van der Waals surface area (Å²) >= 11 is 0. The molecule has 0 bridgehead atoms. The number of ketones is 1. The van der Waals surface area contributed by atoms with E-state index in [1.54, 1.807) is 0 Å². The first-order chi connectivity index (χ1) is 5.72. The van der Waals surface area contributed by atoms with Gasteiger partial charge in [0.05, 0.1) is 0 Å². The first kappa shape index (κ1) is 11.3. The largest absolute Gasteiger partial charge is 0.295 e. The third kappa shape index (κ3) is 5.05. The lowest BCUT2D eigenvalue weighted by Gasteiger charge is -2.04. The van der Waals surface area contributed by atoms with Crippen LogP contribution < -0.4 is 0 Å². The molecular formula is C10H18O2. The molecule has 0 aromatic rings. The summed E-state index contributed by atoms with van der Waals surface area (Å²) < 4.78 is 0. The van der Waals surface area contributed by atoms with Crippen molar-refractivity contribution in [3.63, 3.8) is 0 Å². The summed E-state index contributed by atoms with van der Waals surface area (Å²) in [5.74, 6) is -0.328. The second kappa shape index (κ2) is 7.01. The van der Waals surface area contributed by atoms with Crippen LogP contribution in [0.2, 0.25) is 0 Å². The molecule has 1 unspecified atom stereocenters. The Morgan fingerprint density at radius 3 is 2.50 bits per heavy atom. The van der Waals surface area contributed by atoms with Crippen LogP contribution in [-0.2, 0) is 9.59 Å². The third-order valence-corrected chi connectivity index (χ3v) is 2.09. The highest BCUT2D eigenvalue weighted by molar-refractivity contribution is 6.25. The van der Waals surface area contributed by atoms with Gasteiger partial charge >= 0.3 is 0 Å². The quantitative estimate of drug-likeness (QED) is 0.334. The van der Waals surface area contributed by atoms with E-state index in [1.807, 2.05) is 6.92 Å². The summed E-state index contributed by atoms with van der Waals surface area (Å²) in [6.07, 6.45) is 5.96. The van der Waals surface area contributed by atoms with Crippen molar-refractivity contribution < 1.29 is 9.59 Å². The Labute approximate surface area is 74.3 Å². The zero-order chi connectivity index (χ0) is 9.40. The van der Waals surface area contributed by atoms with Crippen molar-refractivity contribution in [3.05, 3.63) is 0 Å². The van der Waals surface area contributed by atoms with Gasteiger partial charge in [0.2, 0.25) is 0 Å². The molecule has 0 N–H and O–H groups in total. The van der Waals surface area contributed by atoms with E-state index in [0.29, 0.717) is 6.29 Å². The average molecular weight is 170 g/mol. The number of hydrogen-bond acceptors (Lipinski definition) is 2. The summed E-state index contributed by atoms with van der Waals surface area (Å²) in [7, 11) is 0. The van der Waals surface area contributed by atoms with Gasteiger partial charge in [0.15, 0.2) is 12.1 Å². The van der Waals surface area contributed by atoms with Gasteiger partial charge in [-0.2, -0.15) is 0 Å². The lowest BCUT2D eigenvalue weighted by molar-refractivity contribution is -0.132. The minimum Gasteiger partial charge on any atom is -0.295 e. The third-order valence-electron chi connectivity index (χ3n) is 2.09. The van der Waals surface area contributed by atoms with Gasteiger partial charge in [-0.15, -0.1) is 0 Å². The molecule has 2 nitrogen and oxygen atoms in total. The summed E-state index contributed by atoms with van der Waals surface area (Å²) in [6, 6.07) is 0. The average Bonchev–Trinajstić information content (AvgIpc) is 2.10. The van der Waals surface area contributed by atoms with E-state index in [1.165, 1.54) is 19.3 Å². The highest BCUT2D eigenvalue weighted by Crippen LogP contribution is 2.10. The van der Waals surface area contributed by atoms with E-state index in [9.17, 15) is 9.59 Å². The van der Waals surface area contributed by atoms with E-state index in [4.69, 9.17) is 0 Å². The normalized spacial score (nSPS) is 12.5. The molecule has 0 amide bonds. The van der Waals surface area contributed by atoms with Gasteiger partial charge < -0.3 is 0 Å². The second-order valence-electron chi connectivity index (χ2n) is 3.27. The molecule has 0 aromatic heterocycles. The zero-order valence-electron chi connectivity index (χ0n) is 8.01. The van der Waals surface area contributed by atoms with Crippen LogP contribution in [-0.4, -0.2) is 12.1 Å². The molecule has 1 atom stereocenters. The predicted octanol–water partition coefficient (Wildman–Crippen LogP) is 2.36. The predicted molar refractivity (Wildman–Crippen MR) is 49.0 cm³/mol. The van der Waals surface area contributed by atoms with Crippen molar-refractivity contribution in [1.82, 2.24) is 0 Å². The van der Waals surface area contributed by atoms with Gasteiger partial charge in [-0.25, -0.2) is 0 Å². The maximum absolute atomic E-state index is 10.8. The van der Waals surface area contributed by atoms with Crippen LogP contribution in [0.25, 0.3) is 0 Å². The van der Waals surface area contributed by atoms with Crippen molar-refractivity contribution in [1.29, 1.82) is 0 Å². The van der Waals surface area contributed by atoms with Gasteiger partial charge in [-0.3, -0.25) is 9.59 Å². The van der Waals surface area contributed by atoms with Gasteiger partial charge in [-0.05, 0) is 6.42 Å². The van der Waals surface area contributed by atoms with Crippen molar-refractivity contribution in [3.8, 4) is 0 Å². The van der Waals surface area contributed by atoms with E-state index in [-0.39, 0.29) is 11.7 Å².